The van der Waals surface area contributed by atoms with Crippen LogP contribution in [0, 0.1) is 0 Å². The molecule has 0 saturated carbocycles. The van der Waals surface area contributed by atoms with Gasteiger partial charge in [0.05, 0.1) is 58.2 Å². The first kappa shape index (κ1) is 25.5. The number of anilines is 6. The number of hydrogen-bond donors (Lipinski definition) is 0. The van der Waals surface area contributed by atoms with Crippen molar-refractivity contribution in [2.24, 2.45) is 0 Å². The van der Waals surface area contributed by atoms with Crippen LogP contribution in [0.25, 0.3) is 76.2 Å². The summed E-state index contributed by atoms with van der Waals surface area (Å²) in [5.74, 6) is -7.18. The van der Waals surface area contributed by atoms with Crippen molar-refractivity contribution in [1.82, 2.24) is 8.80 Å². The van der Waals surface area contributed by atoms with Gasteiger partial charge in [0.15, 0.2) is 0 Å². The molecule has 13 rings (SSSR count). The van der Waals surface area contributed by atoms with Gasteiger partial charge >= 0.3 is 0 Å². The summed E-state index contributed by atoms with van der Waals surface area (Å²) in [5, 5.41) is 3.97. The summed E-state index contributed by atoms with van der Waals surface area (Å²) < 4.78 is 219. The molecule has 0 radical (unpaired) electrons. The predicted octanol–water partition coefficient (Wildman–Crippen LogP) is 19.8. The highest BCUT2D eigenvalue weighted by Crippen LogP contribution is 2.52. The molecule has 4 nitrogen and oxygen atoms in total. The van der Waals surface area contributed by atoms with Crippen molar-refractivity contribution in [3.05, 3.63) is 204 Å². The minimum Gasteiger partial charge on any atom is -0.310 e. The first-order valence-electron chi connectivity index (χ1n) is 35.8. The molecule has 4 heterocycles. The van der Waals surface area contributed by atoms with Gasteiger partial charge in [-0.3, -0.25) is 0 Å². The Morgan fingerprint density at radius 3 is 1.17 bits per heavy atom. The summed E-state index contributed by atoms with van der Waals surface area (Å²) in [6.45, 7) is -2.33. The highest BCUT2D eigenvalue weighted by Gasteiger charge is 2.29. The lowest BCUT2D eigenvalue weighted by atomic mass is 9.86. The number of para-hydroxylation sites is 2. The van der Waals surface area contributed by atoms with Crippen LogP contribution in [0.1, 0.15) is 136 Å². The maximum Gasteiger partial charge on any atom is 0.0653 e. The SMILES string of the molecule is [2H]c1c([2H])c(C([2H])(C([2H])([2H])[2H])C([2H])([2H])[2H])c([2H])c([2H])c1N(c1ccccc1)c1ccc2c3c([2H])c4c(c([2H])c3n3c5ccc(C(C)(C)C)cc5c1c23)c1ccc(N(c2ccccc2)c2c([2H])c([2H])c(C([2H])(C([2H])([2H])[2H])C([2H])([2H])[2H])c([2H])c2[2H])c2c3cc(C(C)(C)C)ccc3n4c12. The van der Waals surface area contributed by atoms with Crippen molar-refractivity contribution in [2.45, 2.75) is 91.6 Å². The van der Waals surface area contributed by atoms with Gasteiger partial charge in [-0.25, -0.2) is 0 Å². The van der Waals surface area contributed by atoms with Crippen molar-refractivity contribution in [1.29, 1.82) is 0 Å². The summed E-state index contributed by atoms with van der Waals surface area (Å²) in [6.07, 6.45) is 0. The summed E-state index contributed by atoms with van der Waals surface area (Å²) >= 11 is 0. The van der Waals surface area contributed by atoms with Crippen LogP contribution < -0.4 is 9.80 Å². The molecule has 0 aliphatic rings. The molecule has 0 unspecified atom stereocenters. The van der Waals surface area contributed by atoms with Crippen LogP contribution in [0.4, 0.5) is 34.1 Å². The Labute approximate surface area is 456 Å². The normalized spacial score (nSPS) is 18.6. The third-order valence-electron chi connectivity index (χ3n) is 14.1. The Bertz CT molecular complexity index is 4990. The van der Waals surface area contributed by atoms with E-state index in [1.165, 1.54) is 9.80 Å². The molecule has 0 aliphatic carbocycles. The zero-order valence-corrected chi connectivity index (χ0v) is 40.3. The van der Waals surface area contributed by atoms with Gasteiger partial charge in [-0.05, 0) is 142 Å². The second kappa shape index (κ2) is 15.8. The van der Waals surface area contributed by atoms with E-state index < -0.39 is 109 Å². The van der Waals surface area contributed by atoms with Gasteiger partial charge in [-0.1, -0.05) is 154 Å². The molecule has 0 saturated heterocycles. The van der Waals surface area contributed by atoms with E-state index in [0.29, 0.717) is 98.9 Å². The lowest BCUT2D eigenvalue weighted by Crippen LogP contribution is -2.11. The third kappa shape index (κ3) is 6.57. The van der Waals surface area contributed by atoms with Gasteiger partial charge < -0.3 is 18.6 Å². The molecule has 0 spiro atoms. The average Bonchev–Trinajstić information content (AvgIpc) is 1.44. The zero-order chi connectivity index (χ0) is 70.1. The van der Waals surface area contributed by atoms with Gasteiger partial charge in [0.2, 0.25) is 0 Å². The van der Waals surface area contributed by atoms with Gasteiger partial charge in [-0.2, -0.15) is 0 Å². The van der Waals surface area contributed by atoms with E-state index >= 15 is 0 Å². The molecule has 0 bridgehead atoms. The van der Waals surface area contributed by atoms with Crippen LogP contribution in [0.15, 0.2) is 182 Å². The Hall–Kier alpha value is -7.82. The molecule has 0 amide bonds. The number of benzene rings is 9. The number of hydrogen-bond acceptors (Lipinski definition) is 2. The van der Waals surface area contributed by atoms with Crippen molar-refractivity contribution < 1.29 is 32.9 Å². The van der Waals surface area contributed by atoms with Crippen molar-refractivity contribution >= 4 is 110 Å². The minimum atomic E-state index is -3.65. The van der Waals surface area contributed by atoms with Gasteiger partial charge in [0.1, 0.15) is 0 Å². The predicted molar refractivity (Wildman–Crippen MR) is 311 cm³/mol. The van der Waals surface area contributed by atoms with Crippen molar-refractivity contribution in [2.75, 3.05) is 9.80 Å². The monoisotopic (exact) mass is 959 g/mol. The largest absolute Gasteiger partial charge is 0.310 e. The van der Waals surface area contributed by atoms with Crippen LogP contribution in [-0.2, 0) is 10.8 Å². The average molecular weight is 959 g/mol. The molecular formula is C68H62N4. The Balaban J connectivity index is 1.17. The van der Waals surface area contributed by atoms with E-state index in [0.717, 1.165) is 11.1 Å². The van der Waals surface area contributed by atoms with E-state index in [9.17, 15) is 13.7 Å². The van der Waals surface area contributed by atoms with Crippen LogP contribution >= 0.6 is 0 Å². The number of fused-ring (bicyclic) bond motifs is 12. The first-order valence-corrected chi connectivity index (χ1v) is 23.8. The molecule has 0 fully saturated rings. The molecule has 9 aromatic carbocycles. The summed E-state index contributed by atoms with van der Waals surface area (Å²) in [6, 6.07) is 28.3. The number of aromatic nitrogens is 2. The molecule has 72 heavy (non-hydrogen) atoms. The maximum atomic E-state index is 10.7. The Morgan fingerprint density at radius 2 is 0.806 bits per heavy atom. The molecule has 13 aromatic rings. The third-order valence-corrected chi connectivity index (χ3v) is 14.1. The number of nitrogens with zero attached hydrogens (tertiary/aromatic N) is 4. The quantitative estimate of drug-likeness (QED) is 0.151. The van der Waals surface area contributed by atoms with Crippen molar-refractivity contribution in [3.63, 3.8) is 0 Å². The lowest BCUT2D eigenvalue weighted by molar-refractivity contribution is 0.591. The molecule has 354 valence electrons. The first-order chi connectivity index (χ1) is 44.5. The summed E-state index contributed by atoms with van der Waals surface area (Å²) in [4.78, 5) is 2.99. The molecule has 0 aliphatic heterocycles. The zero-order valence-electron chi connectivity index (χ0n) is 64.3. The van der Waals surface area contributed by atoms with E-state index in [1.807, 2.05) is 86.7 Å². The van der Waals surface area contributed by atoms with Gasteiger partial charge in [0, 0.05) is 85.0 Å². The van der Waals surface area contributed by atoms with Gasteiger partial charge in [-0.15, -0.1) is 0 Å². The van der Waals surface area contributed by atoms with E-state index in [2.05, 4.69) is 0 Å². The fourth-order valence-corrected chi connectivity index (χ4v) is 10.7. The Morgan fingerprint density at radius 1 is 0.417 bits per heavy atom. The number of rotatable bonds is 8. The van der Waals surface area contributed by atoms with E-state index in [-0.39, 0.29) is 23.5 Å². The maximum absolute atomic E-state index is 10.7. The molecular weight excluding hydrogens is 873 g/mol. The van der Waals surface area contributed by atoms with Crippen molar-refractivity contribution in [3.8, 4) is 0 Å². The second-order valence-corrected chi connectivity index (χ2v) is 20.6. The molecule has 0 N–H and O–H groups in total. The highest BCUT2D eigenvalue weighted by molar-refractivity contribution is 6.32. The smallest absolute Gasteiger partial charge is 0.0653 e. The molecule has 4 heteroatoms. The van der Waals surface area contributed by atoms with E-state index in [1.54, 1.807) is 84.9 Å². The Kier molecular flexibility index (Phi) is 5.62. The fraction of sp³-hybridized carbons (Fsp3) is 0.206. The summed E-state index contributed by atoms with van der Waals surface area (Å²) in [7, 11) is 0. The van der Waals surface area contributed by atoms with Crippen LogP contribution in [0.5, 0.6) is 0 Å². The lowest BCUT2D eigenvalue weighted by Gasteiger charge is -2.27. The van der Waals surface area contributed by atoms with Gasteiger partial charge in [0.25, 0.3) is 0 Å². The minimum absolute atomic E-state index is 0.000353. The van der Waals surface area contributed by atoms with Crippen LogP contribution in [0.3, 0.4) is 0 Å². The fourth-order valence-electron chi connectivity index (χ4n) is 10.7. The second-order valence-electron chi connectivity index (χ2n) is 20.6. The van der Waals surface area contributed by atoms with E-state index in [4.69, 9.17) is 19.2 Å². The molecule has 4 aromatic heterocycles. The highest BCUT2D eigenvalue weighted by atomic mass is 15.2. The van der Waals surface area contributed by atoms with Crippen LogP contribution in [-0.4, -0.2) is 8.80 Å². The topological polar surface area (TPSA) is 15.3 Å². The standard InChI is InChI=1S/C68H62N4/c1-41(2)43-21-27-49(28-22-43)69(47-17-13-11-14-18-47)59-35-31-51-53-39-62-54(40-61(53)71-57-33-25-45(67(5,6)7)37-55(57)63(59)65(51)71)52-32-36-60(64-56-38-46(68(8,9)10)26-34-58(56)72(62)66(52)64)70(48-19-15-12-16-20-48)50-29-23-44(24-30-50)42(3)4/h11-42H,1-10H3/i1D3,2D3,3D3,4D3,21D,22D,23D,24D,27D,28D,29D,30D,39D,40D,41D,42D. The summed E-state index contributed by atoms with van der Waals surface area (Å²) in [5.41, 5.74) is 1.95. The molecule has 0 atom stereocenters. The van der Waals surface area contributed by atoms with Crippen LogP contribution in [0.2, 0.25) is 0 Å².